The number of hydrogen-bond acceptors (Lipinski definition) is 4. The van der Waals surface area contributed by atoms with E-state index in [1.54, 1.807) is 27.7 Å². The van der Waals surface area contributed by atoms with Crippen molar-refractivity contribution in [1.82, 2.24) is 14.3 Å². The second-order valence-electron chi connectivity index (χ2n) is 8.85. The van der Waals surface area contributed by atoms with Crippen molar-refractivity contribution in [2.24, 2.45) is 5.41 Å². The molecule has 31 heavy (non-hydrogen) atoms. The van der Waals surface area contributed by atoms with E-state index in [1.165, 1.54) is 6.20 Å². The number of hydrogen-bond donors (Lipinski definition) is 1. The van der Waals surface area contributed by atoms with Gasteiger partial charge >= 0.3 is 5.97 Å². The number of pyridine rings is 1. The summed E-state index contributed by atoms with van der Waals surface area (Å²) in [4.78, 5) is 24.1. The lowest BCUT2D eigenvalue weighted by atomic mass is 9.79. The van der Waals surface area contributed by atoms with Crippen molar-refractivity contribution >= 4 is 16.9 Å². The van der Waals surface area contributed by atoms with Gasteiger partial charge in [-0.2, -0.15) is 5.10 Å². The number of carbonyl (C=O) groups is 1. The van der Waals surface area contributed by atoms with E-state index in [2.05, 4.69) is 5.10 Å². The van der Waals surface area contributed by atoms with E-state index >= 15 is 4.39 Å². The monoisotopic (exact) mass is 421 g/mol. The van der Waals surface area contributed by atoms with Gasteiger partial charge in [0.05, 0.1) is 0 Å². The molecule has 0 spiro atoms. The molecule has 5 rings (SSSR count). The molecule has 1 atom stereocenters. The van der Waals surface area contributed by atoms with Crippen molar-refractivity contribution in [1.29, 1.82) is 0 Å². The van der Waals surface area contributed by atoms with Crippen LogP contribution in [-0.2, 0) is 6.42 Å². The molecule has 7 nitrogen and oxygen atoms in total. The molecule has 0 amide bonds. The molecule has 158 valence electrons. The Hall–Kier alpha value is -3.68. The third-order valence-corrected chi connectivity index (χ3v) is 5.91. The molecule has 1 N–H and O–H groups in total. The van der Waals surface area contributed by atoms with Gasteiger partial charge < -0.3 is 14.1 Å². The first kappa shape index (κ1) is 19.3. The van der Waals surface area contributed by atoms with Crippen molar-refractivity contribution in [3.05, 3.63) is 70.0 Å². The summed E-state index contributed by atoms with van der Waals surface area (Å²) in [5.74, 6) is -2.32. The number of para-hydroxylation sites is 1. The molecule has 1 aliphatic heterocycles. The fourth-order valence-electron chi connectivity index (χ4n) is 4.37. The normalized spacial score (nSPS) is 15.7. The number of aromatic nitrogens is 3. The molecule has 0 saturated carbocycles. The van der Waals surface area contributed by atoms with Gasteiger partial charge in [0.2, 0.25) is 5.43 Å². The number of halogens is 1. The Balaban J connectivity index is 1.88. The van der Waals surface area contributed by atoms with Crippen LogP contribution in [0.2, 0.25) is 0 Å². The van der Waals surface area contributed by atoms with Gasteiger partial charge in [-0.1, -0.05) is 32.9 Å². The maximum absolute atomic E-state index is 15.4. The molecule has 0 fully saturated rings. The second-order valence-corrected chi connectivity index (χ2v) is 8.85. The molecule has 1 unspecified atom stereocenters. The summed E-state index contributed by atoms with van der Waals surface area (Å²) in [6.07, 6.45) is 5.18. The maximum atomic E-state index is 15.4. The number of furan rings is 1. The van der Waals surface area contributed by atoms with E-state index in [-0.39, 0.29) is 22.9 Å². The van der Waals surface area contributed by atoms with E-state index in [9.17, 15) is 14.7 Å². The number of aromatic carboxylic acids is 1. The summed E-state index contributed by atoms with van der Waals surface area (Å²) in [6, 6.07) is 7.15. The first-order valence-corrected chi connectivity index (χ1v) is 9.91. The fourth-order valence-corrected chi connectivity index (χ4v) is 4.37. The fraction of sp³-hybridized carbons (Fsp3) is 0.261. The van der Waals surface area contributed by atoms with Crippen molar-refractivity contribution < 1.29 is 18.7 Å². The van der Waals surface area contributed by atoms with Gasteiger partial charge in [-0.15, -0.1) is 0 Å². The van der Waals surface area contributed by atoms with Gasteiger partial charge in [0, 0.05) is 35.6 Å². The highest BCUT2D eigenvalue weighted by atomic mass is 19.1. The number of rotatable bonds is 2. The van der Waals surface area contributed by atoms with Gasteiger partial charge in [-0.25, -0.2) is 13.9 Å². The van der Waals surface area contributed by atoms with E-state index in [0.29, 0.717) is 17.7 Å². The lowest BCUT2D eigenvalue weighted by molar-refractivity contribution is 0.0692. The van der Waals surface area contributed by atoms with Gasteiger partial charge in [0.25, 0.3) is 0 Å². The summed E-state index contributed by atoms with van der Waals surface area (Å²) < 4.78 is 24.7. The summed E-state index contributed by atoms with van der Waals surface area (Å²) in [5.41, 5.74) is -0.0667. The topological polar surface area (TPSA) is 90.3 Å². The Labute approximate surface area is 176 Å². The van der Waals surface area contributed by atoms with Crippen LogP contribution in [0.15, 0.2) is 52.1 Å². The van der Waals surface area contributed by atoms with E-state index in [4.69, 9.17) is 4.42 Å². The molecule has 0 aliphatic carbocycles. The smallest absolute Gasteiger partial charge is 0.341 e. The lowest BCUT2D eigenvalue weighted by Crippen LogP contribution is -2.34. The minimum Gasteiger partial charge on any atom is -0.477 e. The molecule has 4 aromatic rings. The predicted octanol–water partition coefficient (Wildman–Crippen LogP) is 4.43. The first-order valence-electron chi connectivity index (χ1n) is 9.91. The van der Waals surface area contributed by atoms with Crippen LogP contribution in [-0.4, -0.2) is 25.4 Å². The standard InChI is InChI=1S/C23H20FN3O4/c1-23(2,3)16-10-13-12-6-4-7-15(27-9-5-8-25-27)20(12)31-21(13)18-17(24)19(28)14(22(29)30)11-26(16)18/h4-9,11,16H,10H2,1-3H3,(H,29,30). The lowest BCUT2D eigenvalue weighted by Gasteiger charge is -2.37. The third-order valence-electron chi connectivity index (χ3n) is 5.91. The van der Waals surface area contributed by atoms with Gasteiger partial charge in [-0.3, -0.25) is 4.79 Å². The van der Waals surface area contributed by atoms with Crippen LogP contribution in [0.5, 0.6) is 0 Å². The average Bonchev–Trinajstić information content (AvgIpc) is 3.36. The summed E-state index contributed by atoms with van der Waals surface area (Å²) in [5, 5.41) is 14.5. The van der Waals surface area contributed by atoms with E-state index in [0.717, 1.165) is 10.9 Å². The van der Waals surface area contributed by atoms with Gasteiger partial charge in [-0.05, 0) is 24.0 Å². The molecule has 0 bridgehead atoms. The van der Waals surface area contributed by atoms with E-state index in [1.807, 2.05) is 39.0 Å². The summed E-state index contributed by atoms with van der Waals surface area (Å²) in [6.45, 7) is 6.00. The number of nitrogens with zero attached hydrogens (tertiary/aromatic N) is 3. The minimum atomic E-state index is -1.46. The zero-order valence-electron chi connectivity index (χ0n) is 17.2. The van der Waals surface area contributed by atoms with Crippen LogP contribution in [0.4, 0.5) is 4.39 Å². The zero-order chi connectivity index (χ0) is 22.1. The molecule has 8 heteroatoms. The van der Waals surface area contributed by atoms with Crippen LogP contribution in [0.25, 0.3) is 28.1 Å². The van der Waals surface area contributed by atoms with Crippen LogP contribution in [0.1, 0.15) is 42.7 Å². The zero-order valence-corrected chi connectivity index (χ0v) is 17.2. The number of carboxylic acids is 1. The molecule has 0 radical (unpaired) electrons. The molecule has 0 saturated heterocycles. The minimum absolute atomic E-state index is 0.0150. The van der Waals surface area contributed by atoms with Crippen LogP contribution >= 0.6 is 0 Å². The predicted molar refractivity (Wildman–Crippen MR) is 112 cm³/mol. The van der Waals surface area contributed by atoms with Crippen molar-refractivity contribution in [2.75, 3.05) is 0 Å². The molecule has 1 aromatic carbocycles. The van der Waals surface area contributed by atoms with Gasteiger partial charge in [0.15, 0.2) is 17.2 Å². The quantitative estimate of drug-likeness (QED) is 0.517. The Morgan fingerprint density at radius 3 is 2.71 bits per heavy atom. The SMILES string of the molecule is CC(C)(C)C1Cc2c(oc3c(-n4cccn4)cccc23)-c2c(F)c(=O)c(C(=O)O)cn21. The summed E-state index contributed by atoms with van der Waals surface area (Å²) >= 11 is 0. The molecule has 4 heterocycles. The molecule has 3 aromatic heterocycles. The van der Waals surface area contributed by atoms with Crippen molar-refractivity contribution in [3.63, 3.8) is 0 Å². The largest absolute Gasteiger partial charge is 0.477 e. The number of carboxylic acid groups (broad SMARTS) is 1. The Morgan fingerprint density at radius 1 is 1.29 bits per heavy atom. The molecule has 1 aliphatic rings. The maximum Gasteiger partial charge on any atom is 0.341 e. The average molecular weight is 421 g/mol. The number of benzene rings is 1. The van der Waals surface area contributed by atoms with Crippen LogP contribution < -0.4 is 5.43 Å². The molecular formula is C23H20FN3O4. The van der Waals surface area contributed by atoms with Crippen LogP contribution in [0.3, 0.4) is 0 Å². The number of fused-ring (bicyclic) bond motifs is 5. The Kier molecular flexibility index (Phi) is 3.99. The van der Waals surface area contributed by atoms with Crippen molar-refractivity contribution in [3.8, 4) is 17.1 Å². The third kappa shape index (κ3) is 2.74. The molecular weight excluding hydrogens is 401 g/mol. The van der Waals surface area contributed by atoms with Gasteiger partial charge in [0.1, 0.15) is 16.9 Å². The summed E-state index contributed by atoms with van der Waals surface area (Å²) in [7, 11) is 0. The highest BCUT2D eigenvalue weighted by Gasteiger charge is 2.39. The highest BCUT2D eigenvalue weighted by Crippen LogP contribution is 2.47. The van der Waals surface area contributed by atoms with Crippen LogP contribution in [0, 0.1) is 11.2 Å². The second kappa shape index (κ2) is 6.41. The van der Waals surface area contributed by atoms with E-state index < -0.39 is 22.8 Å². The Bertz CT molecular complexity index is 1410. The highest BCUT2D eigenvalue weighted by molar-refractivity contribution is 5.94. The van der Waals surface area contributed by atoms with Crippen molar-refractivity contribution in [2.45, 2.75) is 33.2 Å². The Morgan fingerprint density at radius 2 is 2.06 bits per heavy atom. The first-order chi connectivity index (χ1) is 14.7.